The Morgan fingerprint density at radius 2 is 2.00 bits per heavy atom. The smallest absolute Gasteiger partial charge is 0.335 e. The highest BCUT2D eigenvalue weighted by Crippen LogP contribution is 2.08. The standard InChI is InChI=1S/C12H22O3/c1-5-7-9-14-11(8-6-2)15-12(13)10(3)4/h11H,3,5-9H2,1-2,4H3. The molecule has 0 aliphatic rings. The molecule has 15 heavy (non-hydrogen) atoms. The fourth-order valence-corrected chi connectivity index (χ4v) is 0.991. The first kappa shape index (κ1) is 14.2. The van der Waals surface area contributed by atoms with Gasteiger partial charge in [-0.2, -0.15) is 0 Å². The van der Waals surface area contributed by atoms with E-state index in [4.69, 9.17) is 9.47 Å². The van der Waals surface area contributed by atoms with Gasteiger partial charge >= 0.3 is 5.97 Å². The number of carbonyl (C=O) groups is 1. The number of esters is 1. The molecule has 0 radical (unpaired) electrons. The highest BCUT2D eigenvalue weighted by Gasteiger charge is 2.13. The van der Waals surface area contributed by atoms with Crippen molar-refractivity contribution in [3.8, 4) is 0 Å². The molecule has 0 spiro atoms. The van der Waals surface area contributed by atoms with Gasteiger partial charge in [0.2, 0.25) is 6.29 Å². The van der Waals surface area contributed by atoms with E-state index in [-0.39, 0.29) is 5.97 Å². The molecular weight excluding hydrogens is 192 g/mol. The lowest BCUT2D eigenvalue weighted by Crippen LogP contribution is -2.22. The van der Waals surface area contributed by atoms with E-state index in [0.29, 0.717) is 12.2 Å². The molecule has 0 aromatic rings. The Bertz CT molecular complexity index is 199. The molecule has 1 atom stereocenters. The zero-order valence-corrected chi connectivity index (χ0v) is 10.0. The number of ether oxygens (including phenoxy) is 2. The minimum Gasteiger partial charge on any atom is -0.432 e. The summed E-state index contributed by atoms with van der Waals surface area (Å²) in [5.41, 5.74) is 0.412. The van der Waals surface area contributed by atoms with Crippen LogP contribution in [-0.4, -0.2) is 18.9 Å². The van der Waals surface area contributed by atoms with Crippen molar-refractivity contribution in [3.63, 3.8) is 0 Å². The van der Waals surface area contributed by atoms with Crippen molar-refractivity contribution in [1.82, 2.24) is 0 Å². The number of hydrogen-bond donors (Lipinski definition) is 0. The molecule has 88 valence electrons. The van der Waals surface area contributed by atoms with Gasteiger partial charge < -0.3 is 9.47 Å². The predicted octanol–water partition coefficient (Wildman–Crippen LogP) is 3.05. The molecule has 0 aliphatic heterocycles. The van der Waals surface area contributed by atoms with E-state index < -0.39 is 6.29 Å². The highest BCUT2D eigenvalue weighted by atomic mass is 16.7. The van der Waals surface area contributed by atoms with Crippen molar-refractivity contribution in [2.24, 2.45) is 0 Å². The molecule has 0 heterocycles. The molecule has 0 aliphatic carbocycles. The van der Waals surface area contributed by atoms with E-state index in [1.165, 1.54) is 0 Å². The Labute approximate surface area is 92.5 Å². The van der Waals surface area contributed by atoms with Gasteiger partial charge in [-0.25, -0.2) is 4.79 Å². The summed E-state index contributed by atoms with van der Waals surface area (Å²) in [6.45, 7) is 9.94. The number of rotatable bonds is 8. The van der Waals surface area contributed by atoms with Gasteiger partial charge in [-0.3, -0.25) is 0 Å². The van der Waals surface area contributed by atoms with Crippen molar-refractivity contribution in [2.45, 2.75) is 52.7 Å². The molecule has 0 rings (SSSR count). The summed E-state index contributed by atoms with van der Waals surface area (Å²) in [5.74, 6) is -0.370. The van der Waals surface area contributed by atoms with Crippen LogP contribution in [0.15, 0.2) is 12.2 Å². The molecule has 0 amide bonds. The van der Waals surface area contributed by atoms with Crippen LogP contribution in [0.2, 0.25) is 0 Å². The van der Waals surface area contributed by atoms with Crippen molar-refractivity contribution in [1.29, 1.82) is 0 Å². The van der Waals surface area contributed by atoms with Crippen LogP contribution in [0.3, 0.4) is 0 Å². The van der Waals surface area contributed by atoms with Gasteiger partial charge in [0.15, 0.2) is 0 Å². The van der Waals surface area contributed by atoms with Crippen LogP contribution >= 0.6 is 0 Å². The van der Waals surface area contributed by atoms with Crippen molar-refractivity contribution >= 4 is 5.97 Å². The molecule has 0 fully saturated rings. The summed E-state index contributed by atoms with van der Waals surface area (Å²) >= 11 is 0. The van der Waals surface area contributed by atoms with Crippen LogP contribution in [-0.2, 0) is 14.3 Å². The van der Waals surface area contributed by atoms with Crippen LogP contribution in [0, 0.1) is 0 Å². The molecule has 0 saturated heterocycles. The van der Waals surface area contributed by atoms with Gasteiger partial charge in [0.25, 0.3) is 0 Å². The summed E-state index contributed by atoms with van der Waals surface area (Å²) in [5, 5.41) is 0. The molecule has 0 aromatic carbocycles. The largest absolute Gasteiger partial charge is 0.432 e. The van der Waals surface area contributed by atoms with E-state index in [1.54, 1.807) is 6.92 Å². The minimum atomic E-state index is -0.411. The van der Waals surface area contributed by atoms with Gasteiger partial charge in [-0.1, -0.05) is 33.3 Å². The first-order valence-corrected chi connectivity index (χ1v) is 5.59. The molecule has 0 aromatic heterocycles. The van der Waals surface area contributed by atoms with Crippen molar-refractivity contribution < 1.29 is 14.3 Å². The van der Waals surface area contributed by atoms with Gasteiger partial charge in [-0.15, -0.1) is 0 Å². The third kappa shape index (κ3) is 7.14. The normalized spacial score (nSPS) is 12.2. The summed E-state index contributed by atoms with van der Waals surface area (Å²) in [4.78, 5) is 11.3. The Balaban J connectivity index is 3.91. The summed E-state index contributed by atoms with van der Waals surface area (Å²) in [6.07, 6.45) is 3.33. The van der Waals surface area contributed by atoms with Gasteiger partial charge in [0, 0.05) is 12.0 Å². The van der Waals surface area contributed by atoms with Crippen LogP contribution in [0.5, 0.6) is 0 Å². The average Bonchev–Trinajstić information content (AvgIpc) is 2.18. The van der Waals surface area contributed by atoms with Crippen LogP contribution in [0.25, 0.3) is 0 Å². The van der Waals surface area contributed by atoms with E-state index in [0.717, 1.165) is 25.7 Å². The first-order valence-electron chi connectivity index (χ1n) is 5.59. The van der Waals surface area contributed by atoms with Crippen molar-refractivity contribution in [2.75, 3.05) is 6.61 Å². The molecule has 3 nitrogen and oxygen atoms in total. The second kappa shape index (κ2) is 8.48. The fourth-order valence-electron chi connectivity index (χ4n) is 0.991. The third-order valence-electron chi connectivity index (χ3n) is 1.91. The lowest BCUT2D eigenvalue weighted by molar-refractivity contribution is -0.175. The number of unbranched alkanes of at least 4 members (excludes halogenated alkanes) is 1. The Morgan fingerprint density at radius 1 is 1.33 bits per heavy atom. The zero-order valence-electron chi connectivity index (χ0n) is 10.0. The maximum Gasteiger partial charge on any atom is 0.335 e. The van der Waals surface area contributed by atoms with Crippen LogP contribution in [0.1, 0.15) is 46.5 Å². The monoisotopic (exact) mass is 214 g/mol. The fraction of sp³-hybridized carbons (Fsp3) is 0.750. The molecule has 0 N–H and O–H groups in total. The second-order valence-corrected chi connectivity index (χ2v) is 3.63. The van der Waals surface area contributed by atoms with E-state index in [2.05, 4.69) is 13.5 Å². The average molecular weight is 214 g/mol. The maximum absolute atomic E-state index is 11.3. The molecule has 0 bridgehead atoms. The van der Waals surface area contributed by atoms with Crippen LogP contribution < -0.4 is 0 Å². The van der Waals surface area contributed by atoms with Gasteiger partial charge in [0.1, 0.15) is 0 Å². The van der Waals surface area contributed by atoms with Crippen molar-refractivity contribution in [3.05, 3.63) is 12.2 Å². The van der Waals surface area contributed by atoms with Gasteiger partial charge in [0.05, 0.1) is 6.61 Å². The molecule has 1 unspecified atom stereocenters. The molecule has 0 saturated carbocycles. The minimum absolute atomic E-state index is 0.370. The summed E-state index contributed by atoms with van der Waals surface area (Å²) in [6, 6.07) is 0. The molecule has 3 heteroatoms. The van der Waals surface area contributed by atoms with E-state index in [9.17, 15) is 4.79 Å². The predicted molar refractivity (Wildman–Crippen MR) is 60.5 cm³/mol. The quantitative estimate of drug-likeness (QED) is 0.269. The lowest BCUT2D eigenvalue weighted by atomic mass is 10.3. The SMILES string of the molecule is C=C(C)C(=O)OC(CCC)OCCCC. The maximum atomic E-state index is 11.3. The Hall–Kier alpha value is -0.830. The van der Waals surface area contributed by atoms with Gasteiger partial charge in [-0.05, 0) is 13.3 Å². The van der Waals surface area contributed by atoms with E-state index >= 15 is 0 Å². The molecular formula is C12H22O3. The topological polar surface area (TPSA) is 35.5 Å². The Kier molecular flexibility index (Phi) is 8.01. The first-order chi connectivity index (χ1) is 7.11. The van der Waals surface area contributed by atoms with Crippen LogP contribution in [0.4, 0.5) is 0 Å². The highest BCUT2D eigenvalue weighted by molar-refractivity contribution is 5.86. The summed E-state index contributed by atoms with van der Waals surface area (Å²) in [7, 11) is 0. The van der Waals surface area contributed by atoms with E-state index in [1.807, 2.05) is 6.92 Å². The second-order valence-electron chi connectivity index (χ2n) is 3.63. The zero-order chi connectivity index (χ0) is 11.7. The Morgan fingerprint density at radius 3 is 2.47 bits per heavy atom. The number of hydrogen-bond acceptors (Lipinski definition) is 3. The summed E-state index contributed by atoms with van der Waals surface area (Å²) < 4.78 is 10.6. The number of carbonyl (C=O) groups excluding carboxylic acids is 1. The third-order valence-corrected chi connectivity index (χ3v) is 1.91. The lowest BCUT2D eigenvalue weighted by Gasteiger charge is -2.17.